The largest absolute Gasteiger partial charge is 0.494 e. The van der Waals surface area contributed by atoms with Crippen LogP contribution in [0.1, 0.15) is 46.9 Å². The number of nitrogens with one attached hydrogen (secondary N) is 3. The van der Waals surface area contributed by atoms with E-state index in [-0.39, 0.29) is 23.0 Å². The fraction of sp³-hybridized carbons (Fsp3) is 0.348. The van der Waals surface area contributed by atoms with Crippen molar-refractivity contribution in [3.8, 4) is 5.75 Å². The second kappa shape index (κ2) is 11.4. The molecule has 2 aromatic rings. The van der Waals surface area contributed by atoms with E-state index >= 15 is 0 Å². The molecule has 0 radical (unpaired) electrons. The average molecular weight is 442 g/mol. The standard InChI is InChI=1S/C23H27N3O4S/c1-2-12-29-17-8-5-7-16(14-17)21(27)26-23(31)25-20-11-4-3-10-19(20)22(28)24-15-18-9-6-13-30-18/h3-5,7-8,10-11,14,18H,2,6,9,12-13,15H2,1H3,(H,24,28)(H2,25,26,27,31)/t18-/m0/s1. The van der Waals surface area contributed by atoms with Crippen molar-refractivity contribution in [2.45, 2.75) is 32.3 Å². The number of carbonyl (C=O) groups excluding carboxylic acids is 2. The van der Waals surface area contributed by atoms with Gasteiger partial charge in [-0.2, -0.15) is 0 Å². The van der Waals surface area contributed by atoms with Crippen LogP contribution >= 0.6 is 12.2 Å². The SMILES string of the molecule is CCCOc1cccc(C(=O)NC(=S)Nc2ccccc2C(=O)NC[C@@H]2CCCO2)c1. The Morgan fingerprint density at radius 2 is 2.00 bits per heavy atom. The predicted molar refractivity (Wildman–Crippen MR) is 124 cm³/mol. The van der Waals surface area contributed by atoms with Gasteiger partial charge in [0.15, 0.2) is 5.11 Å². The molecule has 8 heteroatoms. The Kier molecular flexibility index (Phi) is 8.37. The van der Waals surface area contributed by atoms with Crippen LogP contribution in [0, 0.1) is 0 Å². The van der Waals surface area contributed by atoms with E-state index in [1.165, 1.54) is 0 Å². The van der Waals surface area contributed by atoms with E-state index < -0.39 is 0 Å². The lowest BCUT2D eigenvalue weighted by Crippen LogP contribution is -2.35. The monoisotopic (exact) mass is 441 g/mol. The van der Waals surface area contributed by atoms with Crippen molar-refractivity contribution < 1.29 is 19.1 Å². The molecule has 2 amide bonds. The van der Waals surface area contributed by atoms with Crippen LogP contribution in [0.4, 0.5) is 5.69 Å². The molecule has 0 spiro atoms. The Morgan fingerprint density at radius 3 is 2.77 bits per heavy atom. The normalized spacial score (nSPS) is 15.2. The second-order valence-electron chi connectivity index (χ2n) is 7.18. The lowest BCUT2D eigenvalue weighted by atomic mass is 10.1. The van der Waals surface area contributed by atoms with Crippen LogP contribution in [-0.2, 0) is 4.74 Å². The zero-order chi connectivity index (χ0) is 22.1. The van der Waals surface area contributed by atoms with Crippen LogP contribution in [0.3, 0.4) is 0 Å². The van der Waals surface area contributed by atoms with E-state index in [0.717, 1.165) is 25.9 Å². The molecule has 0 unspecified atom stereocenters. The number of benzene rings is 2. The minimum atomic E-state index is -0.361. The Labute approximate surface area is 187 Å². The third-order valence-electron chi connectivity index (χ3n) is 4.73. The molecule has 1 aliphatic heterocycles. The van der Waals surface area contributed by atoms with E-state index in [2.05, 4.69) is 16.0 Å². The fourth-order valence-corrected chi connectivity index (χ4v) is 3.38. The number of hydrogen-bond acceptors (Lipinski definition) is 5. The minimum absolute atomic E-state index is 0.0569. The van der Waals surface area contributed by atoms with Crippen LogP contribution in [0.25, 0.3) is 0 Å². The fourth-order valence-electron chi connectivity index (χ4n) is 3.17. The van der Waals surface area contributed by atoms with Gasteiger partial charge in [0.2, 0.25) is 0 Å². The molecule has 0 aromatic heterocycles. The van der Waals surface area contributed by atoms with Gasteiger partial charge in [0.25, 0.3) is 11.8 Å². The molecule has 1 aliphatic rings. The first-order valence-corrected chi connectivity index (χ1v) is 10.8. The van der Waals surface area contributed by atoms with Gasteiger partial charge in [-0.25, -0.2) is 0 Å². The van der Waals surface area contributed by atoms with E-state index in [0.29, 0.717) is 35.7 Å². The molecular formula is C23H27N3O4S. The lowest BCUT2D eigenvalue weighted by Gasteiger charge is -2.15. The zero-order valence-corrected chi connectivity index (χ0v) is 18.3. The van der Waals surface area contributed by atoms with Gasteiger partial charge in [0, 0.05) is 18.7 Å². The maximum Gasteiger partial charge on any atom is 0.257 e. The molecule has 3 N–H and O–H groups in total. The highest BCUT2D eigenvalue weighted by Crippen LogP contribution is 2.17. The number of rotatable bonds is 8. The molecule has 164 valence electrons. The van der Waals surface area contributed by atoms with Crippen molar-refractivity contribution in [1.82, 2.24) is 10.6 Å². The Bertz CT molecular complexity index is 929. The first-order valence-electron chi connectivity index (χ1n) is 10.4. The summed E-state index contributed by atoms with van der Waals surface area (Å²) >= 11 is 5.29. The van der Waals surface area contributed by atoms with Crippen molar-refractivity contribution >= 4 is 34.8 Å². The van der Waals surface area contributed by atoms with Crippen LogP contribution in [0.5, 0.6) is 5.75 Å². The maximum atomic E-state index is 12.6. The quantitative estimate of drug-likeness (QED) is 0.544. The van der Waals surface area contributed by atoms with Crippen molar-refractivity contribution in [1.29, 1.82) is 0 Å². The van der Waals surface area contributed by atoms with Crippen molar-refractivity contribution in [2.24, 2.45) is 0 Å². The smallest absolute Gasteiger partial charge is 0.257 e. The van der Waals surface area contributed by atoms with Crippen molar-refractivity contribution in [3.05, 3.63) is 59.7 Å². The number of hydrogen-bond donors (Lipinski definition) is 3. The van der Waals surface area contributed by atoms with E-state index in [1.54, 1.807) is 48.5 Å². The molecule has 1 heterocycles. The van der Waals surface area contributed by atoms with Crippen LogP contribution in [0.15, 0.2) is 48.5 Å². The number of ether oxygens (including phenoxy) is 2. The lowest BCUT2D eigenvalue weighted by molar-refractivity contribution is 0.0858. The van der Waals surface area contributed by atoms with E-state index in [9.17, 15) is 9.59 Å². The van der Waals surface area contributed by atoms with E-state index in [4.69, 9.17) is 21.7 Å². The molecule has 1 fully saturated rings. The van der Waals surface area contributed by atoms with Gasteiger partial charge in [0.05, 0.1) is 24.0 Å². The summed E-state index contributed by atoms with van der Waals surface area (Å²) < 4.78 is 11.1. The molecule has 31 heavy (non-hydrogen) atoms. The summed E-state index contributed by atoms with van der Waals surface area (Å²) in [5.41, 5.74) is 1.38. The predicted octanol–water partition coefficient (Wildman–Crippen LogP) is 3.51. The topological polar surface area (TPSA) is 88.7 Å². The highest BCUT2D eigenvalue weighted by Gasteiger charge is 2.18. The van der Waals surface area contributed by atoms with Gasteiger partial charge in [-0.05, 0) is 61.8 Å². The maximum absolute atomic E-state index is 12.6. The van der Waals surface area contributed by atoms with E-state index in [1.807, 2.05) is 6.92 Å². The number of carbonyl (C=O) groups is 2. The molecule has 0 saturated carbocycles. The summed E-state index contributed by atoms with van der Waals surface area (Å²) in [6, 6.07) is 13.9. The first-order chi connectivity index (χ1) is 15.1. The highest BCUT2D eigenvalue weighted by atomic mass is 32.1. The Balaban J connectivity index is 1.59. The van der Waals surface area contributed by atoms with Gasteiger partial charge in [0.1, 0.15) is 5.75 Å². The molecule has 2 aromatic carbocycles. The minimum Gasteiger partial charge on any atom is -0.494 e. The molecular weight excluding hydrogens is 414 g/mol. The first kappa shape index (κ1) is 22.7. The molecule has 7 nitrogen and oxygen atoms in total. The Morgan fingerprint density at radius 1 is 1.16 bits per heavy atom. The van der Waals surface area contributed by atoms with Crippen molar-refractivity contribution in [3.63, 3.8) is 0 Å². The van der Waals surface area contributed by atoms with Gasteiger partial charge in [-0.3, -0.25) is 14.9 Å². The van der Waals surface area contributed by atoms with Gasteiger partial charge in [-0.15, -0.1) is 0 Å². The van der Waals surface area contributed by atoms with Gasteiger partial charge < -0.3 is 20.1 Å². The highest BCUT2D eigenvalue weighted by molar-refractivity contribution is 7.80. The molecule has 0 bridgehead atoms. The summed E-state index contributed by atoms with van der Waals surface area (Å²) in [6.45, 7) is 3.79. The number of para-hydroxylation sites is 1. The molecule has 0 aliphatic carbocycles. The summed E-state index contributed by atoms with van der Waals surface area (Å²) in [7, 11) is 0. The Hall–Kier alpha value is -2.97. The third kappa shape index (κ3) is 6.77. The zero-order valence-electron chi connectivity index (χ0n) is 17.5. The van der Waals surface area contributed by atoms with Crippen molar-refractivity contribution in [2.75, 3.05) is 25.1 Å². The van der Waals surface area contributed by atoms with Gasteiger partial charge >= 0.3 is 0 Å². The number of anilines is 1. The molecule has 3 rings (SSSR count). The molecule has 1 saturated heterocycles. The third-order valence-corrected chi connectivity index (χ3v) is 4.93. The second-order valence-corrected chi connectivity index (χ2v) is 7.58. The summed E-state index contributed by atoms with van der Waals surface area (Å²) in [5, 5.41) is 8.59. The van der Waals surface area contributed by atoms with Gasteiger partial charge in [-0.1, -0.05) is 25.1 Å². The van der Waals surface area contributed by atoms with Crippen LogP contribution in [-0.4, -0.2) is 42.8 Å². The van der Waals surface area contributed by atoms with Crippen LogP contribution < -0.4 is 20.7 Å². The van der Waals surface area contributed by atoms with Crippen LogP contribution in [0.2, 0.25) is 0 Å². The molecule has 1 atom stereocenters. The number of amides is 2. The summed E-state index contributed by atoms with van der Waals surface area (Å²) in [6.07, 6.45) is 2.90. The average Bonchev–Trinajstić information content (AvgIpc) is 3.30. The summed E-state index contributed by atoms with van der Waals surface area (Å²) in [4.78, 5) is 25.2. The summed E-state index contributed by atoms with van der Waals surface area (Å²) in [5.74, 6) is 0.0369. The number of thiocarbonyl (C=S) groups is 1.